The van der Waals surface area contributed by atoms with Gasteiger partial charge in [-0.2, -0.15) is 0 Å². The van der Waals surface area contributed by atoms with Crippen molar-refractivity contribution in [1.29, 1.82) is 0 Å². The van der Waals surface area contributed by atoms with E-state index in [4.69, 9.17) is 0 Å². The zero-order valence-corrected chi connectivity index (χ0v) is 9.55. The van der Waals surface area contributed by atoms with E-state index in [1.54, 1.807) is 0 Å². The van der Waals surface area contributed by atoms with Crippen molar-refractivity contribution in [3.63, 3.8) is 0 Å². The lowest BCUT2D eigenvalue weighted by Gasteiger charge is -2.29. The standard InChI is InChI=1S/C11H22N2O/c1-9(2)12-11(14)8-13-6-4-10(3)5-7-13/h9-10H,4-8H2,1-3H3,(H,12,14). The molecule has 14 heavy (non-hydrogen) atoms. The number of piperidine rings is 1. The summed E-state index contributed by atoms with van der Waals surface area (Å²) in [6.07, 6.45) is 2.46. The minimum absolute atomic E-state index is 0.162. The van der Waals surface area contributed by atoms with E-state index in [-0.39, 0.29) is 11.9 Å². The highest BCUT2D eigenvalue weighted by Gasteiger charge is 2.17. The highest BCUT2D eigenvalue weighted by Crippen LogP contribution is 2.15. The SMILES string of the molecule is CC1CCN(CC(=O)NC(C)C)CC1. The Balaban J connectivity index is 2.20. The summed E-state index contributed by atoms with van der Waals surface area (Å²) in [5, 5.41) is 2.92. The van der Waals surface area contributed by atoms with E-state index in [0.717, 1.165) is 19.0 Å². The quantitative estimate of drug-likeness (QED) is 0.740. The molecule has 0 aromatic rings. The normalized spacial score (nSPS) is 20.0. The smallest absolute Gasteiger partial charge is 0.234 e. The van der Waals surface area contributed by atoms with Gasteiger partial charge in [0.1, 0.15) is 0 Å². The molecule has 1 fully saturated rings. The molecule has 3 nitrogen and oxygen atoms in total. The van der Waals surface area contributed by atoms with Crippen molar-refractivity contribution in [1.82, 2.24) is 10.2 Å². The fraction of sp³-hybridized carbons (Fsp3) is 0.909. The maximum atomic E-state index is 11.5. The molecule has 0 aromatic heterocycles. The number of hydrogen-bond acceptors (Lipinski definition) is 2. The Morgan fingerprint density at radius 3 is 2.50 bits per heavy atom. The molecule has 82 valence electrons. The molecule has 1 N–H and O–H groups in total. The molecule has 0 spiro atoms. The topological polar surface area (TPSA) is 32.3 Å². The summed E-state index contributed by atoms with van der Waals surface area (Å²) in [6, 6.07) is 0.256. The van der Waals surface area contributed by atoms with Gasteiger partial charge in [-0.1, -0.05) is 6.92 Å². The summed E-state index contributed by atoms with van der Waals surface area (Å²) < 4.78 is 0. The van der Waals surface area contributed by atoms with Crippen LogP contribution in [0.4, 0.5) is 0 Å². The summed E-state index contributed by atoms with van der Waals surface area (Å²) >= 11 is 0. The zero-order chi connectivity index (χ0) is 10.6. The molecule has 0 unspecified atom stereocenters. The van der Waals surface area contributed by atoms with E-state index >= 15 is 0 Å². The predicted molar refractivity (Wildman–Crippen MR) is 58.1 cm³/mol. The van der Waals surface area contributed by atoms with Crippen LogP contribution in [0.1, 0.15) is 33.6 Å². The zero-order valence-electron chi connectivity index (χ0n) is 9.55. The average Bonchev–Trinajstić information content (AvgIpc) is 2.07. The van der Waals surface area contributed by atoms with Crippen LogP contribution in [0.25, 0.3) is 0 Å². The molecule has 1 saturated heterocycles. The van der Waals surface area contributed by atoms with Crippen LogP contribution in [0.5, 0.6) is 0 Å². The molecule has 0 bridgehead atoms. The van der Waals surface area contributed by atoms with Crippen molar-refractivity contribution >= 4 is 5.91 Å². The minimum atomic E-state index is 0.162. The van der Waals surface area contributed by atoms with E-state index in [1.807, 2.05) is 13.8 Å². The Morgan fingerprint density at radius 2 is 2.00 bits per heavy atom. The summed E-state index contributed by atoms with van der Waals surface area (Å²) in [5.41, 5.74) is 0. The maximum Gasteiger partial charge on any atom is 0.234 e. The fourth-order valence-electron chi connectivity index (χ4n) is 1.79. The molecule has 0 aliphatic carbocycles. The molecule has 1 aliphatic heterocycles. The van der Waals surface area contributed by atoms with Crippen LogP contribution in [-0.2, 0) is 4.79 Å². The summed E-state index contributed by atoms with van der Waals surface area (Å²) in [7, 11) is 0. The fourth-order valence-corrected chi connectivity index (χ4v) is 1.79. The number of carbonyl (C=O) groups excluding carboxylic acids is 1. The summed E-state index contributed by atoms with van der Waals surface area (Å²) in [4.78, 5) is 13.7. The Kier molecular flexibility index (Phi) is 4.39. The first-order valence-electron chi connectivity index (χ1n) is 5.59. The van der Waals surface area contributed by atoms with Gasteiger partial charge in [-0.3, -0.25) is 9.69 Å². The van der Waals surface area contributed by atoms with Gasteiger partial charge in [-0.05, 0) is 45.7 Å². The lowest BCUT2D eigenvalue weighted by molar-refractivity contribution is -0.123. The van der Waals surface area contributed by atoms with Crippen LogP contribution in [0.3, 0.4) is 0 Å². The van der Waals surface area contributed by atoms with E-state index in [9.17, 15) is 4.79 Å². The second-order valence-corrected chi connectivity index (χ2v) is 4.68. The van der Waals surface area contributed by atoms with E-state index in [0.29, 0.717) is 6.54 Å². The first-order valence-corrected chi connectivity index (χ1v) is 5.59. The largest absolute Gasteiger partial charge is 0.353 e. The van der Waals surface area contributed by atoms with Crippen molar-refractivity contribution in [3.8, 4) is 0 Å². The van der Waals surface area contributed by atoms with Gasteiger partial charge in [0.2, 0.25) is 5.91 Å². The third-order valence-electron chi connectivity index (χ3n) is 2.69. The molecule has 0 aromatic carbocycles. The molecule has 1 rings (SSSR count). The van der Waals surface area contributed by atoms with Gasteiger partial charge in [0.05, 0.1) is 6.54 Å². The average molecular weight is 198 g/mol. The summed E-state index contributed by atoms with van der Waals surface area (Å²) in [5.74, 6) is 0.994. The molecule has 3 heteroatoms. The van der Waals surface area contributed by atoms with Crippen molar-refractivity contribution in [3.05, 3.63) is 0 Å². The second-order valence-electron chi connectivity index (χ2n) is 4.68. The monoisotopic (exact) mass is 198 g/mol. The van der Waals surface area contributed by atoms with Gasteiger partial charge >= 0.3 is 0 Å². The van der Waals surface area contributed by atoms with E-state index in [1.165, 1.54) is 12.8 Å². The van der Waals surface area contributed by atoms with Crippen LogP contribution in [0.2, 0.25) is 0 Å². The molecular formula is C11H22N2O. The van der Waals surface area contributed by atoms with Crippen molar-refractivity contribution in [2.24, 2.45) is 5.92 Å². The number of amides is 1. The summed E-state index contributed by atoms with van der Waals surface area (Å²) in [6.45, 7) is 9.00. The van der Waals surface area contributed by atoms with Crippen LogP contribution < -0.4 is 5.32 Å². The molecule has 1 amide bonds. The van der Waals surface area contributed by atoms with Gasteiger partial charge < -0.3 is 5.32 Å². The molecule has 0 atom stereocenters. The number of rotatable bonds is 3. The number of nitrogens with one attached hydrogen (secondary N) is 1. The molecule has 0 radical (unpaired) electrons. The minimum Gasteiger partial charge on any atom is -0.353 e. The van der Waals surface area contributed by atoms with E-state index < -0.39 is 0 Å². The van der Waals surface area contributed by atoms with Crippen molar-refractivity contribution < 1.29 is 4.79 Å². The maximum absolute atomic E-state index is 11.5. The predicted octanol–water partition coefficient (Wildman–Crippen LogP) is 1.24. The van der Waals surface area contributed by atoms with Crippen molar-refractivity contribution in [2.45, 2.75) is 39.7 Å². The second kappa shape index (κ2) is 5.35. The third-order valence-corrected chi connectivity index (χ3v) is 2.69. The molecule has 1 aliphatic rings. The van der Waals surface area contributed by atoms with Crippen LogP contribution in [0.15, 0.2) is 0 Å². The highest BCUT2D eigenvalue weighted by atomic mass is 16.2. The van der Waals surface area contributed by atoms with Crippen LogP contribution in [0, 0.1) is 5.92 Å². The third kappa shape index (κ3) is 4.09. The first kappa shape index (κ1) is 11.5. The van der Waals surface area contributed by atoms with Gasteiger partial charge in [-0.25, -0.2) is 0 Å². The van der Waals surface area contributed by atoms with Crippen LogP contribution >= 0.6 is 0 Å². The highest BCUT2D eigenvalue weighted by molar-refractivity contribution is 5.78. The van der Waals surface area contributed by atoms with Crippen LogP contribution in [-0.4, -0.2) is 36.5 Å². The lowest BCUT2D eigenvalue weighted by atomic mass is 9.99. The number of likely N-dealkylation sites (tertiary alicyclic amines) is 1. The Bertz CT molecular complexity index is 184. The number of carbonyl (C=O) groups is 1. The Labute approximate surface area is 86.9 Å². The van der Waals surface area contributed by atoms with Gasteiger partial charge in [-0.15, -0.1) is 0 Å². The Morgan fingerprint density at radius 1 is 1.43 bits per heavy atom. The number of nitrogens with zero attached hydrogens (tertiary/aromatic N) is 1. The number of hydrogen-bond donors (Lipinski definition) is 1. The lowest BCUT2D eigenvalue weighted by Crippen LogP contribution is -2.43. The van der Waals surface area contributed by atoms with Crippen molar-refractivity contribution in [2.75, 3.05) is 19.6 Å². The molecule has 0 saturated carbocycles. The molecular weight excluding hydrogens is 176 g/mol. The van der Waals surface area contributed by atoms with Gasteiger partial charge in [0, 0.05) is 6.04 Å². The Hall–Kier alpha value is -0.570. The molecule has 1 heterocycles. The van der Waals surface area contributed by atoms with Gasteiger partial charge in [0.15, 0.2) is 0 Å². The first-order chi connectivity index (χ1) is 6.58. The van der Waals surface area contributed by atoms with Gasteiger partial charge in [0.25, 0.3) is 0 Å². The van der Waals surface area contributed by atoms with E-state index in [2.05, 4.69) is 17.1 Å².